The molecule has 0 saturated carbocycles. The van der Waals surface area contributed by atoms with Gasteiger partial charge in [-0.3, -0.25) is 9.69 Å². The first-order valence-electron chi connectivity index (χ1n) is 5.35. The Morgan fingerprint density at radius 3 is 2.76 bits per heavy atom. The van der Waals surface area contributed by atoms with Gasteiger partial charge < -0.3 is 10.8 Å². The van der Waals surface area contributed by atoms with Crippen LogP contribution in [0.25, 0.3) is 0 Å². The summed E-state index contributed by atoms with van der Waals surface area (Å²) in [5.74, 6) is -0.962. The standard InChI is InChI=1S/C12H17FN2O2/c1-8(7-16)15(2)6-10-5-9(12(14)17)3-4-11(10)13/h3-5,8,16H,6-7H2,1-2H3,(H2,14,17). The predicted octanol–water partition coefficient (Wildman–Crippen LogP) is 0.737. The van der Waals surface area contributed by atoms with E-state index >= 15 is 0 Å². The first kappa shape index (κ1) is 13.6. The van der Waals surface area contributed by atoms with Crippen LogP contribution in [0.5, 0.6) is 0 Å². The summed E-state index contributed by atoms with van der Waals surface area (Å²) in [6.45, 7) is 2.14. The molecule has 0 bridgehead atoms. The van der Waals surface area contributed by atoms with Crippen LogP contribution in [-0.4, -0.2) is 35.6 Å². The quantitative estimate of drug-likeness (QED) is 0.797. The van der Waals surface area contributed by atoms with Crippen LogP contribution >= 0.6 is 0 Å². The van der Waals surface area contributed by atoms with Gasteiger partial charge in [0.25, 0.3) is 0 Å². The normalized spacial score (nSPS) is 12.8. The lowest BCUT2D eigenvalue weighted by Gasteiger charge is -2.23. The molecular formula is C12H17FN2O2. The highest BCUT2D eigenvalue weighted by Gasteiger charge is 2.12. The van der Waals surface area contributed by atoms with Crippen LogP contribution in [0.2, 0.25) is 0 Å². The van der Waals surface area contributed by atoms with Crippen molar-refractivity contribution in [1.29, 1.82) is 0 Å². The van der Waals surface area contributed by atoms with Crippen molar-refractivity contribution in [2.45, 2.75) is 19.5 Å². The van der Waals surface area contributed by atoms with Crippen molar-refractivity contribution in [1.82, 2.24) is 4.90 Å². The molecule has 0 fully saturated rings. The summed E-state index contributed by atoms with van der Waals surface area (Å²) in [7, 11) is 1.78. The van der Waals surface area contributed by atoms with Gasteiger partial charge in [-0.15, -0.1) is 0 Å². The third-order valence-corrected chi connectivity index (χ3v) is 2.77. The zero-order valence-corrected chi connectivity index (χ0v) is 9.98. The number of primary amides is 1. The molecule has 0 heterocycles. The van der Waals surface area contributed by atoms with E-state index in [0.717, 1.165) is 0 Å². The van der Waals surface area contributed by atoms with Crippen molar-refractivity contribution in [3.63, 3.8) is 0 Å². The molecule has 1 aromatic rings. The first-order valence-corrected chi connectivity index (χ1v) is 5.35. The van der Waals surface area contributed by atoms with Crippen LogP contribution in [0.3, 0.4) is 0 Å². The maximum Gasteiger partial charge on any atom is 0.248 e. The van der Waals surface area contributed by atoms with Crippen LogP contribution in [0.15, 0.2) is 18.2 Å². The summed E-state index contributed by atoms with van der Waals surface area (Å²) in [4.78, 5) is 12.8. The number of aliphatic hydroxyl groups excluding tert-OH is 1. The SMILES string of the molecule is CC(CO)N(C)Cc1cc(C(N)=O)ccc1F. The molecule has 17 heavy (non-hydrogen) atoms. The van der Waals surface area contributed by atoms with E-state index in [2.05, 4.69) is 0 Å². The van der Waals surface area contributed by atoms with Crippen molar-refractivity contribution >= 4 is 5.91 Å². The molecule has 1 amide bonds. The number of rotatable bonds is 5. The monoisotopic (exact) mass is 240 g/mol. The zero-order valence-electron chi connectivity index (χ0n) is 9.98. The highest BCUT2D eigenvalue weighted by Crippen LogP contribution is 2.13. The molecule has 0 aliphatic carbocycles. The number of hydrogen-bond acceptors (Lipinski definition) is 3. The molecule has 1 aromatic carbocycles. The summed E-state index contributed by atoms with van der Waals surface area (Å²) in [6.07, 6.45) is 0. The Bertz CT molecular complexity index is 409. The van der Waals surface area contributed by atoms with Crippen LogP contribution in [0.4, 0.5) is 4.39 Å². The van der Waals surface area contributed by atoms with Gasteiger partial charge in [0, 0.05) is 23.7 Å². The fourth-order valence-electron chi connectivity index (χ4n) is 1.41. The maximum absolute atomic E-state index is 13.5. The number of nitrogens with zero attached hydrogens (tertiary/aromatic N) is 1. The van der Waals surface area contributed by atoms with Crippen LogP contribution in [0.1, 0.15) is 22.8 Å². The van der Waals surface area contributed by atoms with Crippen molar-refractivity contribution in [2.75, 3.05) is 13.7 Å². The van der Waals surface area contributed by atoms with E-state index in [4.69, 9.17) is 10.8 Å². The van der Waals surface area contributed by atoms with Crippen LogP contribution in [0, 0.1) is 5.82 Å². The van der Waals surface area contributed by atoms with Crippen molar-refractivity contribution < 1.29 is 14.3 Å². The Balaban J connectivity index is 2.89. The maximum atomic E-state index is 13.5. The number of carbonyl (C=O) groups excluding carboxylic acids is 1. The summed E-state index contributed by atoms with van der Waals surface area (Å²) >= 11 is 0. The smallest absolute Gasteiger partial charge is 0.248 e. The summed E-state index contributed by atoms with van der Waals surface area (Å²) in [6, 6.07) is 3.95. The lowest BCUT2D eigenvalue weighted by atomic mass is 10.1. The molecule has 0 aliphatic heterocycles. The van der Waals surface area contributed by atoms with Gasteiger partial charge in [0.05, 0.1) is 6.61 Å². The lowest BCUT2D eigenvalue weighted by molar-refractivity contribution is 0.1000. The Morgan fingerprint density at radius 2 is 2.24 bits per heavy atom. The van der Waals surface area contributed by atoms with E-state index in [1.54, 1.807) is 11.9 Å². The summed E-state index contributed by atoms with van der Waals surface area (Å²) in [5, 5.41) is 8.99. The predicted molar refractivity (Wildman–Crippen MR) is 62.9 cm³/mol. The third-order valence-electron chi connectivity index (χ3n) is 2.77. The second kappa shape index (κ2) is 5.75. The van der Waals surface area contributed by atoms with Gasteiger partial charge in [-0.2, -0.15) is 0 Å². The number of aliphatic hydroxyl groups is 1. The van der Waals surface area contributed by atoms with E-state index in [0.29, 0.717) is 12.1 Å². The molecule has 1 rings (SSSR count). The van der Waals surface area contributed by atoms with E-state index in [9.17, 15) is 9.18 Å². The zero-order chi connectivity index (χ0) is 13.0. The molecule has 0 aromatic heterocycles. The minimum absolute atomic E-state index is 0.00632. The fourth-order valence-corrected chi connectivity index (χ4v) is 1.41. The van der Waals surface area contributed by atoms with Crippen LogP contribution in [-0.2, 0) is 6.54 Å². The number of nitrogens with two attached hydrogens (primary N) is 1. The summed E-state index contributed by atoms with van der Waals surface area (Å²) < 4.78 is 13.5. The average molecular weight is 240 g/mol. The Labute approximate surface area is 99.8 Å². The first-order chi connectivity index (χ1) is 7.95. The van der Waals surface area contributed by atoms with Gasteiger partial charge in [0.15, 0.2) is 0 Å². The van der Waals surface area contributed by atoms with Gasteiger partial charge in [0.2, 0.25) is 5.91 Å². The average Bonchev–Trinajstić information content (AvgIpc) is 2.30. The molecule has 1 unspecified atom stereocenters. The van der Waals surface area contributed by atoms with Crippen LogP contribution < -0.4 is 5.73 Å². The number of benzene rings is 1. The van der Waals surface area contributed by atoms with Crippen molar-refractivity contribution in [2.24, 2.45) is 5.73 Å². The number of hydrogen-bond donors (Lipinski definition) is 2. The van der Waals surface area contributed by atoms with E-state index in [1.807, 2.05) is 6.92 Å². The third kappa shape index (κ3) is 3.51. The lowest BCUT2D eigenvalue weighted by Crippen LogP contribution is -2.31. The molecule has 94 valence electrons. The van der Waals surface area contributed by atoms with Gasteiger partial charge in [-0.1, -0.05) is 0 Å². The van der Waals surface area contributed by atoms with E-state index < -0.39 is 5.91 Å². The number of halogens is 1. The second-order valence-corrected chi connectivity index (χ2v) is 4.12. The molecule has 0 spiro atoms. The molecule has 3 N–H and O–H groups in total. The Morgan fingerprint density at radius 1 is 1.59 bits per heavy atom. The molecule has 1 atom stereocenters. The minimum Gasteiger partial charge on any atom is -0.395 e. The highest BCUT2D eigenvalue weighted by molar-refractivity contribution is 5.92. The molecule has 5 heteroatoms. The van der Waals surface area contributed by atoms with Crippen molar-refractivity contribution in [3.8, 4) is 0 Å². The van der Waals surface area contributed by atoms with Gasteiger partial charge in [-0.05, 0) is 32.2 Å². The molecular weight excluding hydrogens is 223 g/mol. The number of likely N-dealkylation sites (N-methyl/N-ethyl adjacent to an activating group) is 1. The second-order valence-electron chi connectivity index (χ2n) is 4.12. The molecule has 0 radical (unpaired) electrons. The molecule has 0 aliphatic rings. The van der Waals surface area contributed by atoms with Gasteiger partial charge in [0.1, 0.15) is 5.82 Å². The Hall–Kier alpha value is -1.46. The highest BCUT2D eigenvalue weighted by atomic mass is 19.1. The topological polar surface area (TPSA) is 66.6 Å². The molecule has 0 saturated heterocycles. The van der Waals surface area contributed by atoms with E-state index in [1.165, 1.54) is 18.2 Å². The van der Waals surface area contributed by atoms with Gasteiger partial charge in [-0.25, -0.2) is 4.39 Å². The number of carbonyl (C=O) groups is 1. The minimum atomic E-state index is -0.580. The van der Waals surface area contributed by atoms with Crippen molar-refractivity contribution in [3.05, 3.63) is 35.1 Å². The Kier molecular flexibility index (Phi) is 4.60. The van der Waals surface area contributed by atoms with E-state index in [-0.39, 0.29) is 24.0 Å². The van der Waals surface area contributed by atoms with Gasteiger partial charge >= 0.3 is 0 Å². The fraction of sp³-hybridized carbons (Fsp3) is 0.417. The largest absolute Gasteiger partial charge is 0.395 e. The number of amides is 1. The summed E-state index contributed by atoms with van der Waals surface area (Å²) in [5.41, 5.74) is 5.81. The molecule has 4 nitrogen and oxygen atoms in total.